The zero-order valence-corrected chi connectivity index (χ0v) is 12.3. The molecule has 1 aromatic rings. The Morgan fingerprint density at radius 2 is 2.11 bits per heavy atom. The third-order valence-electron chi connectivity index (χ3n) is 3.85. The van der Waals surface area contributed by atoms with Gasteiger partial charge in [0.05, 0.1) is 19.3 Å². The van der Waals surface area contributed by atoms with E-state index >= 15 is 0 Å². The lowest BCUT2D eigenvalue weighted by Gasteiger charge is -2.23. The summed E-state index contributed by atoms with van der Waals surface area (Å²) in [5.74, 6) is 2.00. The van der Waals surface area contributed by atoms with Crippen molar-refractivity contribution in [3.05, 3.63) is 11.6 Å². The molecule has 6 heteroatoms. The maximum absolute atomic E-state index is 5.48. The summed E-state index contributed by atoms with van der Waals surface area (Å²) in [7, 11) is 3.52. The molecular weight excluding hydrogens is 244 g/mol. The van der Waals surface area contributed by atoms with Crippen molar-refractivity contribution in [1.29, 1.82) is 0 Å². The van der Waals surface area contributed by atoms with Gasteiger partial charge in [-0.25, -0.2) is 0 Å². The van der Waals surface area contributed by atoms with Crippen LogP contribution in [-0.4, -0.2) is 59.2 Å². The van der Waals surface area contributed by atoms with Crippen molar-refractivity contribution in [3.8, 4) is 0 Å². The van der Waals surface area contributed by atoms with E-state index in [4.69, 9.17) is 9.47 Å². The standard InChI is InChI=1S/C13H24N4O2/c1-5-17-10(2)14-15-13(17)8-16-7-12(19-4)6-11(16)9-18-3/h11-12H,5-9H2,1-4H3/t11-,12+/m0/s1. The molecule has 0 saturated carbocycles. The third kappa shape index (κ3) is 3.13. The Morgan fingerprint density at radius 1 is 1.32 bits per heavy atom. The maximum Gasteiger partial charge on any atom is 0.147 e. The zero-order valence-electron chi connectivity index (χ0n) is 12.3. The monoisotopic (exact) mass is 268 g/mol. The molecule has 2 heterocycles. The predicted molar refractivity (Wildman–Crippen MR) is 71.9 cm³/mol. The van der Waals surface area contributed by atoms with Crippen LogP contribution in [0.3, 0.4) is 0 Å². The van der Waals surface area contributed by atoms with Crippen molar-refractivity contribution in [2.24, 2.45) is 0 Å². The quantitative estimate of drug-likeness (QED) is 0.765. The van der Waals surface area contributed by atoms with Gasteiger partial charge < -0.3 is 14.0 Å². The minimum atomic E-state index is 0.291. The first-order valence-corrected chi connectivity index (χ1v) is 6.84. The summed E-state index contributed by atoms with van der Waals surface area (Å²) in [6, 6.07) is 0.400. The number of methoxy groups -OCH3 is 2. The second-order valence-electron chi connectivity index (χ2n) is 5.04. The minimum Gasteiger partial charge on any atom is -0.383 e. The van der Waals surface area contributed by atoms with Gasteiger partial charge in [0, 0.05) is 33.4 Å². The summed E-state index contributed by atoms with van der Waals surface area (Å²) in [5, 5.41) is 8.45. The van der Waals surface area contributed by atoms with E-state index in [1.54, 1.807) is 14.2 Å². The number of ether oxygens (including phenoxy) is 2. The number of aromatic nitrogens is 3. The summed E-state index contributed by atoms with van der Waals surface area (Å²) < 4.78 is 12.9. The van der Waals surface area contributed by atoms with Crippen molar-refractivity contribution >= 4 is 0 Å². The SMILES string of the molecule is CCn1c(C)nnc1CN1C[C@H](OC)C[C@H]1COC. The van der Waals surface area contributed by atoms with E-state index in [-0.39, 0.29) is 0 Å². The lowest BCUT2D eigenvalue weighted by atomic mass is 10.2. The van der Waals surface area contributed by atoms with Gasteiger partial charge >= 0.3 is 0 Å². The Labute approximate surface area is 114 Å². The molecule has 0 spiro atoms. The minimum absolute atomic E-state index is 0.291. The summed E-state index contributed by atoms with van der Waals surface area (Å²) in [5.41, 5.74) is 0. The lowest BCUT2D eigenvalue weighted by molar-refractivity contribution is 0.104. The number of nitrogens with zero attached hydrogens (tertiary/aromatic N) is 4. The van der Waals surface area contributed by atoms with Crippen LogP contribution >= 0.6 is 0 Å². The molecule has 0 bridgehead atoms. The van der Waals surface area contributed by atoms with Gasteiger partial charge in [-0.3, -0.25) is 4.90 Å². The first-order valence-electron chi connectivity index (χ1n) is 6.84. The molecule has 1 fully saturated rings. The van der Waals surface area contributed by atoms with Crippen LogP contribution in [-0.2, 0) is 22.6 Å². The van der Waals surface area contributed by atoms with E-state index in [1.807, 2.05) is 6.92 Å². The van der Waals surface area contributed by atoms with Gasteiger partial charge in [0.25, 0.3) is 0 Å². The molecule has 0 amide bonds. The van der Waals surface area contributed by atoms with Gasteiger partial charge in [-0.1, -0.05) is 0 Å². The van der Waals surface area contributed by atoms with E-state index in [2.05, 4.69) is 26.6 Å². The largest absolute Gasteiger partial charge is 0.383 e. The second kappa shape index (κ2) is 6.45. The molecule has 1 saturated heterocycles. The molecule has 1 aliphatic heterocycles. The van der Waals surface area contributed by atoms with Crippen molar-refractivity contribution in [2.75, 3.05) is 27.4 Å². The van der Waals surface area contributed by atoms with Crippen LogP contribution in [0.5, 0.6) is 0 Å². The Hall–Kier alpha value is -0.980. The Balaban J connectivity index is 2.07. The molecule has 0 radical (unpaired) electrons. The predicted octanol–water partition coefficient (Wildman–Crippen LogP) is 0.842. The molecule has 1 aromatic heterocycles. The van der Waals surface area contributed by atoms with Crippen LogP contribution in [0.25, 0.3) is 0 Å². The van der Waals surface area contributed by atoms with Gasteiger partial charge in [0.2, 0.25) is 0 Å². The average molecular weight is 268 g/mol. The molecule has 0 N–H and O–H groups in total. The molecular formula is C13H24N4O2. The molecule has 19 heavy (non-hydrogen) atoms. The highest BCUT2D eigenvalue weighted by Gasteiger charge is 2.32. The Morgan fingerprint density at radius 3 is 2.74 bits per heavy atom. The lowest BCUT2D eigenvalue weighted by Crippen LogP contribution is -2.33. The topological polar surface area (TPSA) is 52.4 Å². The van der Waals surface area contributed by atoms with Crippen LogP contribution in [0.4, 0.5) is 0 Å². The summed E-state index contributed by atoms with van der Waals surface area (Å²) >= 11 is 0. The van der Waals surface area contributed by atoms with E-state index in [0.717, 1.165) is 44.3 Å². The average Bonchev–Trinajstić information content (AvgIpc) is 2.95. The molecule has 2 atom stereocenters. The van der Waals surface area contributed by atoms with Gasteiger partial charge in [0.15, 0.2) is 0 Å². The normalized spacial score (nSPS) is 24.2. The number of aryl methyl sites for hydroxylation is 1. The van der Waals surface area contributed by atoms with Crippen molar-refractivity contribution in [2.45, 2.75) is 45.5 Å². The van der Waals surface area contributed by atoms with Crippen molar-refractivity contribution < 1.29 is 9.47 Å². The van der Waals surface area contributed by atoms with Crippen LogP contribution in [0.1, 0.15) is 25.0 Å². The molecule has 2 rings (SSSR count). The first-order chi connectivity index (χ1) is 9.19. The molecule has 108 valence electrons. The first kappa shape index (κ1) is 14.4. The van der Waals surface area contributed by atoms with Crippen molar-refractivity contribution in [3.63, 3.8) is 0 Å². The molecule has 1 aliphatic rings. The van der Waals surface area contributed by atoms with Gasteiger partial charge in [0.1, 0.15) is 11.6 Å². The second-order valence-corrected chi connectivity index (χ2v) is 5.04. The summed E-state index contributed by atoms with van der Waals surface area (Å²) in [4.78, 5) is 2.38. The van der Waals surface area contributed by atoms with E-state index < -0.39 is 0 Å². The van der Waals surface area contributed by atoms with Crippen LogP contribution in [0.2, 0.25) is 0 Å². The number of hydrogen-bond acceptors (Lipinski definition) is 5. The zero-order chi connectivity index (χ0) is 13.8. The van der Waals surface area contributed by atoms with E-state index in [9.17, 15) is 0 Å². The van der Waals surface area contributed by atoms with Crippen LogP contribution < -0.4 is 0 Å². The third-order valence-corrected chi connectivity index (χ3v) is 3.85. The fourth-order valence-corrected chi connectivity index (χ4v) is 2.80. The van der Waals surface area contributed by atoms with Gasteiger partial charge in [-0.2, -0.15) is 0 Å². The smallest absolute Gasteiger partial charge is 0.147 e. The number of rotatable bonds is 6. The van der Waals surface area contributed by atoms with Gasteiger partial charge in [-0.05, 0) is 20.3 Å². The fraction of sp³-hybridized carbons (Fsp3) is 0.846. The van der Waals surface area contributed by atoms with Crippen LogP contribution in [0, 0.1) is 6.92 Å². The molecule has 0 aromatic carbocycles. The molecule has 0 unspecified atom stereocenters. The van der Waals surface area contributed by atoms with Gasteiger partial charge in [-0.15, -0.1) is 10.2 Å². The molecule has 0 aliphatic carbocycles. The fourth-order valence-electron chi connectivity index (χ4n) is 2.80. The Kier molecular flexibility index (Phi) is 4.90. The highest BCUT2D eigenvalue weighted by Crippen LogP contribution is 2.22. The maximum atomic E-state index is 5.48. The molecule has 6 nitrogen and oxygen atoms in total. The van der Waals surface area contributed by atoms with Crippen LogP contribution in [0.15, 0.2) is 0 Å². The highest BCUT2D eigenvalue weighted by molar-refractivity contribution is 4.96. The van der Waals surface area contributed by atoms with Crippen molar-refractivity contribution in [1.82, 2.24) is 19.7 Å². The summed E-state index contributed by atoms with van der Waals surface area (Å²) in [6.07, 6.45) is 1.31. The Bertz CT molecular complexity index is 407. The number of likely N-dealkylation sites (tertiary alicyclic amines) is 1. The van der Waals surface area contributed by atoms with E-state index in [1.165, 1.54) is 0 Å². The summed E-state index contributed by atoms with van der Waals surface area (Å²) in [6.45, 7) is 7.50. The highest BCUT2D eigenvalue weighted by atomic mass is 16.5. The van der Waals surface area contributed by atoms with E-state index in [0.29, 0.717) is 12.1 Å². The number of hydrogen-bond donors (Lipinski definition) is 0.